The molecule has 60 valence electrons. The van der Waals surface area contributed by atoms with Crippen molar-refractivity contribution in [3.63, 3.8) is 0 Å². The van der Waals surface area contributed by atoms with Gasteiger partial charge in [-0.15, -0.1) is 0 Å². The number of ether oxygens (including phenoxy) is 1. The van der Waals surface area contributed by atoms with Gasteiger partial charge in [0.25, 0.3) is 0 Å². The lowest BCUT2D eigenvalue weighted by atomic mass is 9.90. The average molecular weight is 142 g/mol. The van der Waals surface area contributed by atoms with E-state index in [-0.39, 0.29) is 0 Å². The van der Waals surface area contributed by atoms with Crippen molar-refractivity contribution in [2.75, 3.05) is 0 Å². The molecule has 1 heteroatoms. The van der Waals surface area contributed by atoms with Crippen LogP contribution in [0.4, 0.5) is 0 Å². The highest BCUT2D eigenvalue weighted by atomic mass is 16.5. The van der Waals surface area contributed by atoms with Crippen LogP contribution >= 0.6 is 0 Å². The first-order chi connectivity index (χ1) is 4.66. The Morgan fingerprint density at radius 1 is 1.10 bits per heavy atom. The zero-order valence-electron chi connectivity index (χ0n) is 7.42. The largest absolute Gasteiger partial charge is 0.375 e. The van der Waals surface area contributed by atoms with Crippen molar-refractivity contribution in [2.45, 2.75) is 46.3 Å². The summed E-state index contributed by atoms with van der Waals surface area (Å²) in [6, 6.07) is 0. The van der Waals surface area contributed by atoms with Gasteiger partial charge in [-0.2, -0.15) is 0 Å². The molecule has 1 fully saturated rings. The molecule has 1 aliphatic heterocycles. The second-order valence-corrected chi connectivity index (χ2v) is 3.51. The minimum atomic E-state index is 0.472. The van der Waals surface area contributed by atoms with E-state index in [1.54, 1.807) is 0 Å². The number of rotatable bonds is 1. The van der Waals surface area contributed by atoms with Gasteiger partial charge in [0.1, 0.15) is 0 Å². The summed E-state index contributed by atoms with van der Waals surface area (Å²) in [5.74, 6) is 1.49. The summed E-state index contributed by atoms with van der Waals surface area (Å²) in [6.07, 6.45) is 2.15. The maximum atomic E-state index is 5.73. The lowest BCUT2D eigenvalue weighted by Gasteiger charge is -2.12. The molecule has 1 heterocycles. The second kappa shape index (κ2) is 2.91. The third-order valence-electron chi connectivity index (χ3n) is 2.95. The molecule has 0 bridgehead atoms. The standard InChI is InChI=1S/C9H18O/c1-5-9-7(3)6(2)8(4)10-9/h6-9H,5H2,1-4H3/t6?,7-,8+,9-/m1/s1. The van der Waals surface area contributed by atoms with Crippen LogP contribution in [-0.2, 0) is 4.74 Å². The highest BCUT2D eigenvalue weighted by Gasteiger charge is 2.34. The molecule has 1 aliphatic rings. The van der Waals surface area contributed by atoms with Gasteiger partial charge in [-0.1, -0.05) is 20.8 Å². The molecule has 1 unspecified atom stereocenters. The Labute approximate surface area is 63.8 Å². The average Bonchev–Trinajstić information content (AvgIpc) is 2.17. The Bertz CT molecular complexity index is 111. The molecule has 0 aliphatic carbocycles. The lowest BCUT2D eigenvalue weighted by Crippen LogP contribution is -2.14. The van der Waals surface area contributed by atoms with Gasteiger partial charge in [-0.25, -0.2) is 0 Å². The van der Waals surface area contributed by atoms with Gasteiger partial charge in [-0.05, 0) is 25.2 Å². The van der Waals surface area contributed by atoms with Crippen molar-refractivity contribution in [1.82, 2.24) is 0 Å². The molecule has 0 aromatic carbocycles. The van der Waals surface area contributed by atoms with Crippen molar-refractivity contribution >= 4 is 0 Å². The molecule has 0 spiro atoms. The second-order valence-electron chi connectivity index (χ2n) is 3.51. The van der Waals surface area contributed by atoms with Crippen LogP contribution in [0, 0.1) is 11.8 Å². The van der Waals surface area contributed by atoms with E-state index in [1.807, 2.05) is 0 Å². The predicted molar refractivity (Wildman–Crippen MR) is 43.0 cm³/mol. The summed E-state index contributed by atoms with van der Waals surface area (Å²) in [4.78, 5) is 0. The monoisotopic (exact) mass is 142 g/mol. The fraction of sp³-hybridized carbons (Fsp3) is 1.00. The number of hydrogen-bond acceptors (Lipinski definition) is 1. The quantitative estimate of drug-likeness (QED) is 0.546. The van der Waals surface area contributed by atoms with E-state index >= 15 is 0 Å². The molecule has 0 amide bonds. The van der Waals surface area contributed by atoms with E-state index in [9.17, 15) is 0 Å². The third-order valence-corrected chi connectivity index (χ3v) is 2.95. The molecular formula is C9H18O. The van der Waals surface area contributed by atoms with Crippen molar-refractivity contribution in [3.05, 3.63) is 0 Å². The fourth-order valence-electron chi connectivity index (χ4n) is 1.76. The molecule has 1 rings (SSSR count). The topological polar surface area (TPSA) is 9.23 Å². The van der Waals surface area contributed by atoms with Crippen LogP contribution in [0.5, 0.6) is 0 Å². The van der Waals surface area contributed by atoms with Crippen LogP contribution in [0.3, 0.4) is 0 Å². The highest BCUT2D eigenvalue weighted by molar-refractivity contribution is 4.82. The Kier molecular flexibility index (Phi) is 2.35. The molecule has 0 saturated carbocycles. The first-order valence-electron chi connectivity index (χ1n) is 4.32. The SMILES string of the molecule is CC[C@H]1O[C@@H](C)C(C)[C@H]1C. The smallest absolute Gasteiger partial charge is 0.0605 e. The summed E-state index contributed by atoms with van der Waals surface area (Å²) in [5.41, 5.74) is 0. The lowest BCUT2D eigenvalue weighted by molar-refractivity contribution is 0.0393. The molecule has 10 heavy (non-hydrogen) atoms. The normalized spacial score (nSPS) is 48.0. The summed E-state index contributed by atoms with van der Waals surface area (Å²) in [6.45, 7) is 8.95. The first-order valence-corrected chi connectivity index (χ1v) is 4.32. The van der Waals surface area contributed by atoms with Crippen molar-refractivity contribution in [3.8, 4) is 0 Å². The minimum absolute atomic E-state index is 0.472. The van der Waals surface area contributed by atoms with Crippen molar-refractivity contribution in [2.24, 2.45) is 11.8 Å². The Morgan fingerprint density at radius 3 is 1.90 bits per heavy atom. The van der Waals surface area contributed by atoms with Crippen LogP contribution in [0.15, 0.2) is 0 Å². The van der Waals surface area contributed by atoms with Gasteiger partial charge in [0, 0.05) is 0 Å². The van der Waals surface area contributed by atoms with Gasteiger partial charge in [0.2, 0.25) is 0 Å². The third kappa shape index (κ3) is 1.20. The van der Waals surface area contributed by atoms with Crippen LogP contribution in [0.25, 0.3) is 0 Å². The maximum absolute atomic E-state index is 5.73. The van der Waals surface area contributed by atoms with Crippen LogP contribution < -0.4 is 0 Å². The molecule has 1 nitrogen and oxygen atoms in total. The summed E-state index contributed by atoms with van der Waals surface area (Å²) in [5, 5.41) is 0. The van der Waals surface area contributed by atoms with Gasteiger partial charge < -0.3 is 4.74 Å². The summed E-state index contributed by atoms with van der Waals surface area (Å²) >= 11 is 0. The summed E-state index contributed by atoms with van der Waals surface area (Å²) < 4.78 is 5.73. The van der Waals surface area contributed by atoms with Crippen LogP contribution in [0.1, 0.15) is 34.1 Å². The Balaban J connectivity index is 2.53. The molecule has 0 aromatic rings. The van der Waals surface area contributed by atoms with E-state index in [2.05, 4.69) is 27.7 Å². The zero-order chi connectivity index (χ0) is 7.72. The minimum Gasteiger partial charge on any atom is -0.375 e. The summed E-state index contributed by atoms with van der Waals surface area (Å²) in [7, 11) is 0. The molecular weight excluding hydrogens is 124 g/mol. The van der Waals surface area contributed by atoms with E-state index in [0.29, 0.717) is 12.2 Å². The van der Waals surface area contributed by atoms with E-state index in [0.717, 1.165) is 18.3 Å². The molecule has 0 N–H and O–H groups in total. The van der Waals surface area contributed by atoms with Gasteiger partial charge in [0.05, 0.1) is 12.2 Å². The number of hydrogen-bond donors (Lipinski definition) is 0. The van der Waals surface area contributed by atoms with Crippen molar-refractivity contribution < 1.29 is 4.74 Å². The van der Waals surface area contributed by atoms with Crippen molar-refractivity contribution in [1.29, 1.82) is 0 Å². The van der Waals surface area contributed by atoms with E-state index in [1.165, 1.54) is 0 Å². The predicted octanol–water partition coefficient (Wildman–Crippen LogP) is 2.46. The Morgan fingerprint density at radius 2 is 1.70 bits per heavy atom. The van der Waals surface area contributed by atoms with Crippen LogP contribution in [-0.4, -0.2) is 12.2 Å². The van der Waals surface area contributed by atoms with Crippen LogP contribution in [0.2, 0.25) is 0 Å². The first kappa shape index (κ1) is 8.06. The van der Waals surface area contributed by atoms with Gasteiger partial charge >= 0.3 is 0 Å². The van der Waals surface area contributed by atoms with Gasteiger partial charge in [0.15, 0.2) is 0 Å². The molecule has 0 aromatic heterocycles. The van der Waals surface area contributed by atoms with E-state index < -0.39 is 0 Å². The van der Waals surface area contributed by atoms with E-state index in [4.69, 9.17) is 4.74 Å². The van der Waals surface area contributed by atoms with Gasteiger partial charge in [-0.3, -0.25) is 0 Å². The maximum Gasteiger partial charge on any atom is 0.0605 e. The Hall–Kier alpha value is -0.0400. The fourth-order valence-corrected chi connectivity index (χ4v) is 1.76. The highest BCUT2D eigenvalue weighted by Crippen LogP contribution is 2.32. The molecule has 4 atom stereocenters. The molecule has 0 radical (unpaired) electrons. The molecule has 1 saturated heterocycles. The zero-order valence-corrected chi connectivity index (χ0v) is 7.42.